The lowest BCUT2D eigenvalue weighted by molar-refractivity contribution is -0.142. The maximum Gasteiger partial charge on any atom is 0.246 e. The summed E-state index contributed by atoms with van der Waals surface area (Å²) in [5.74, 6) is -9.75. The summed E-state index contributed by atoms with van der Waals surface area (Å²) in [6, 6.07) is 4.52. The Bertz CT molecular complexity index is 2380. The molecule has 2 saturated heterocycles. The highest BCUT2D eigenvalue weighted by atomic mass is 33.1. The molecular formula is C46H64N14O12S2. The zero-order valence-corrected chi connectivity index (χ0v) is 42.0. The van der Waals surface area contributed by atoms with Crippen LogP contribution in [0.1, 0.15) is 62.5 Å². The molecule has 2 heterocycles. The average Bonchev–Trinajstić information content (AvgIpc) is 3.85. The molecule has 0 radical (unpaired) electrons. The van der Waals surface area contributed by atoms with Crippen molar-refractivity contribution < 1.29 is 57.8 Å². The maximum atomic E-state index is 14.6. The van der Waals surface area contributed by atoms with Gasteiger partial charge in [-0.25, -0.2) is 0 Å². The largest absolute Gasteiger partial charge is 0.508 e. The van der Waals surface area contributed by atoms with Crippen molar-refractivity contribution in [3.8, 4) is 5.75 Å². The molecule has 2 aromatic carbocycles. The van der Waals surface area contributed by atoms with E-state index in [9.17, 15) is 57.8 Å². The van der Waals surface area contributed by atoms with Crippen molar-refractivity contribution in [2.24, 2.45) is 33.7 Å². The third-order valence-electron chi connectivity index (χ3n) is 11.5. The minimum atomic E-state index is -1.77. The van der Waals surface area contributed by atoms with Crippen LogP contribution in [0.5, 0.6) is 5.75 Å². The molecule has 2 aromatic rings. The molecule has 4 rings (SSSR count). The highest BCUT2D eigenvalue weighted by Crippen LogP contribution is 2.26. The third-order valence-corrected chi connectivity index (χ3v) is 13.9. The van der Waals surface area contributed by atoms with Gasteiger partial charge < -0.3 is 75.9 Å². The number of nitrogens with one attached hydrogen (secondary N) is 7. The second kappa shape index (κ2) is 29.8. The first-order valence-electron chi connectivity index (χ1n) is 23.6. The van der Waals surface area contributed by atoms with Crippen molar-refractivity contribution in [3.05, 3.63) is 65.7 Å². The number of aromatic hydroxyl groups is 1. The zero-order valence-electron chi connectivity index (χ0n) is 40.4. The summed E-state index contributed by atoms with van der Waals surface area (Å²) in [6.45, 7) is -0.402. The van der Waals surface area contributed by atoms with E-state index in [1.54, 1.807) is 42.5 Å². The van der Waals surface area contributed by atoms with E-state index < -0.39 is 133 Å². The topological polar surface area (TPSA) is 438 Å². The number of carbonyl (C=O) groups excluding carboxylic acids is 11. The Morgan fingerprint density at radius 1 is 0.730 bits per heavy atom. The number of nitrogens with zero attached hydrogens (tertiary/aromatic N) is 2. The van der Waals surface area contributed by atoms with Crippen molar-refractivity contribution in [3.63, 3.8) is 0 Å². The molecule has 0 aliphatic carbocycles. The van der Waals surface area contributed by atoms with Crippen LogP contribution in [0.3, 0.4) is 0 Å². The fourth-order valence-electron chi connectivity index (χ4n) is 7.78. The highest BCUT2D eigenvalue weighted by Gasteiger charge is 2.40. The molecule has 74 heavy (non-hydrogen) atoms. The molecule has 0 spiro atoms. The van der Waals surface area contributed by atoms with Gasteiger partial charge in [0.25, 0.3) is 0 Å². The number of rotatable bonds is 19. The molecule has 7 atom stereocenters. The van der Waals surface area contributed by atoms with Crippen LogP contribution in [0.25, 0.3) is 0 Å². The van der Waals surface area contributed by atoms with E-state index in [4.69, 9.17) is 28.7 Å². The van der Waals surface area contributed by atoms with Gasteiger partial charge in [-0.2, -0.15) is 0 Å². The maximum absolute atomic E-state index is 14.6. The quantitative estimate of drug-likeness (QED) is 0.0274. The van der Waals surface area contributed by atoms with Gasteiger partial charge in [0, 0.05) is 50.3 Å². The van der Waals surface area contributed by atoms with Gasteiger partial charge in [0.2, 0.25) is 65.0 Å². The van der Waals surface area contributed by atoms with E-state index in [1.807, 2.05) is 0 Å². The van der Waals surface area contributed by atoms with Gasteiger partial charge >= 0.3 is 0 Å². The Balaban J connectivity index is 1.68. The molecule has 11 amide bonds. The van der Waals surface area contributed by atoms with Crippen molar-refractivity contribution in [1.29, 1.82) is 0 Å². The Kier molecular flexibility index (Phi) is 23.7. The fraction of sp³-hybridized carbons (Fsp3) is 0.478. The second-order valence-electron chi connectivity index (χ2n) is 17.3. The Labute approximate surface area is 433 Å². The second-order valence-corrected chi connectivity index (χ2v) is 20.0. The lowest BCUT2D eigenvalue weighted by atomic mass is 10.0. The van der Waals surface area contributed by atoms with Gasteiger partial charge in [-0.05, 0) is 55.4 Å². The number of phenolic OH excluding ortho intramolecular Hbond substituents is 1. The minimum Gasteiger partial charge on any atom is -0.508 e. The zero-order chi connectivity index (χ0) is 54.3. The fourth-order valence-corrected chi connectivity index (χ4v) is 9.93. The van der Waals surface area contributed by atoms with E-state index >= 15 is 0 Å². The van der Waals surface area contributed by atoms with E-state index in [2.05, 4.69) is 42.2 Å². The average molecular weight is 1070 g/mol. The van der Waals surface area contributed by atoms with E-state index in [1.165, 1.54) is 17.0 Å². The standard InChI is InChI=1S/C46H64N14O12S2/c47-35(62)15-14-29-40(67)58-32(22-36(48)63)43(70)59-33(45(72)60-18-5-9-34(60)44(71)56-28(8-4-17-52-46(50)51)39(66)53-23-37(49)64)24-74-73-19-16-38(65)54-30(21-26-10-12-27(61)13-11-26)41(68)57-31(42(69)55-29)20-25-6-2-1-3-7-25/h1-3,6-7,10-13,28-34,61H,4-5,8-9,14-24H2,(H2,47,62)(H2,48,63)(H2,49,64)(H,53,66)(H,54,65)(H,55,69)(H,56,71)(H,57,68)(H,58,67)(H,59,70)(H4,50,51,52)/t28-,29?,30?,31+,32+,33?,34+/m1/s1. The predicted molar refractivity (Wildman–Crippen MR) is 272 cm³/mol. The number of amides is 11. The normalized spacial score (nSPS) is 21.7. The molecule has 2 aliphatic rings. The van der Waals surface area contributed by atoms with Crippen molar-refractivity contribution in [2.45, 2.75) is 107 Å². The monoisotopic (exact) mass is 1070 g/mol. The van der Waals surface area contributed by atoms with Crippen LogP contribution in [0.4, 0.5) is 0 Å². The number of guanidine groups is 1. The molecular weight excluding hydrogens is 1000 g/mol. The molecule has 0 saturated carbocycles. The molecule has 2 aliphatic heterocycles. The van der Waals surface area contributed by atoms with Crippen LogP contribution in [-0.2, 0) is 65.6 Å². The van der Waals surface area contributed by atoms with Crippen molar-refractivity contribution in [2.75, 3.05) is 31.1 Å². The Hall–Kier alpha value is -7.62. The van der Waals surface area contributed by atoms with E-state index in [-0.39, 0.29) is 74.8 Å². The number of nitrogens with two attached hydrogens (primary N) is 5. The minimum absolute atomic E-state index is 0.0128. The van der Waals surface area contributed by atoms with E-state index in [0.717, 1.165) is 21.6 Å². The van der Waals surface area contributed by atoms with Crippen molar-refractivity contribution in [1.82, 2.24) is 42.1 Å². The third kappa shape index (κ3) is 20.1. The number of carbonyl (C=O) groups is 11. The highest BCUT2D eigenvalue weighted by molar-refractivity contribution is 8.76. The van der Waals surface area contributed by atoms with E-state index in [0.29, 0.717) is 17.5 Å². The van der Waals surface area contributed by atoms with Crippen LogP contribution in [-0.4, -0.2) is 154 Å². The van der Waals surface area contributed by atoms with Gasteiger partial charge in [0.1, 0.15) is 48.0 Å². The van der Waals surface area contributed by atoms with Crippen LogP contribution in [0.15, 0.2) is 59.6 Å². The van der Waals surface area contributed by atoms with Gasteiger partial charge in [-0.15, -0.1) is 0 Å². The summed E-state index contributed by atoms with van der Waals surface area (Å²) in [7, 11) is 2.19. The van der Waals surface area contributed by atoms with Crippen molar-refractivity contribution >= 4 is 92.5 Å². The summed E-state index contributed by atoms with van der Waals surface area (Å²) in [4.78, 5) is 153. The smallest absolute Gasteiger partial charge is 0.246 e. The first-order chi connectivity index (χ1) is 35.2. The number of hydrogen-bond donors (Lipinski definition) is 13. The molecule has 0 aromatic heterocycles. The number of phenols is 1. The number of hydrogen-bond acceptors (Lipinski definition) is 15. The van der Waals surface area contributed by atoms with Crippen LogP contribution < -0.4 is 65.9 Å². The number of primary amides is 3. The van der Waals surface area contributed by atoms with Gasteiger partial charge in [0.15, 0.2) is 5.96 Å². The summed E-state index contributed by atoms with van der Waals surface area (Å²) < 4.78 is 0. The molecule has 402 valence electrons. The Morgan fingerprint density at radius 2 is 1.34 bits per heavy atom. The molecule has 18 N–H and O–H groups in total. The molecule has 3 unspecified atom stereocenters. The Morgan fingerprint density at radius 3 is 1.97 bits per heavy atom. The lowest BCUT2D eigenvalue weighted by Gasteiger charge is -2.31. The summed E-state index contributed by atoms with van der Waals surface area (Å²) >= 11 is 0. The van der Waals surface area contributed by atoms with Crippen LogP contribution in [0.2, 0.25) is 0 Å². The molecule has 2 fully saturated rings. The predicted octanol–water partition coefficient (Wildman–Crippen LogP) is -4.34. The van der Waals surface area contributed by atoms with Gasteiger partial charge in [0.05, 0.1) is 13.0 Å². The van der Waals surface area contributed by atoms with Crippen LogP contribution in [0, 0.1) is 0 Å². The number of aliphatic imine (C=N–C) groups is 1. The SMILES string of the molecule is NC(=O)CCC1NC(=O)[C@H](Cc2ccccc2)NC(=O)C(Cc2ccc(O)cc2)NC(=O)CCSSCC(C(=O)N2CCC[C@H]2C(=O)N[C@H](CCCN=C(N)N)C(=O)NCC(N)=O)NC(=O)[C@H](CC(N)=O)NC1=O. The number of likely N-dealkylation sites (tertiary alicyclic amines) is 1. The molecule has 26 nitrogen and oxygen atoms in total. The molecule has 0 bridgehead atoms. The summed E-state index contributed by atoms with van der Waals surface area (Å²) in [5.41, 5.74) is 28.1. The first-order valence-corrected chi connectivity index (χ1v) is 26.0. The lowest BCUT2D eigenvalue weighted by Crippen LogP contribution is -2.61. The van der Waals surface area contributed by atoms with Gasteiger partial charge in [-0.1, -0.05) is 64.1 Å². The summed E-state index contributed by atoms with van der Waals surface area (Å²) in [6.07, 6.45) is -1.34. The summed E-state index contributed by atoms with van der Waals surface area (Å²) in [5, 5.41) is 27.8. The van der Waals surface area contributed by atoms with Gasteiger partial charge in [-0.3, -0.25) is 57.7 Å². The molecule has 28 heteroatoms. The number of benzene rings is 2. The first kappa shape index (κ1) is 58.9. The van der Waals surface area contributed by atoms with Crippen LogP contribution >= 0.6 is 21.6 Å².